The second kappa shape index (κ2) is 3.25. The summed E-state index contributed by atoms with van der Waals surface area (Å²) in [6.07, 6.45) is 4.54. The molecule has 0 saturated heterocycles. The van der Waals surface area contributed by atoms with E-state index >= 15 is 0 Å². The second-order valence-corrected chi connectivity index (χ2v) is 3.88. The molecule has 1 aromatic rings. The van der Waals surface area contributed by atoms with Crippen molar-refractivity contribution in [1.29, 1.82) is 0 Å². The van der Waals surface area contributed by atoms with Gasteiger partial charge in [-0.1, -0.05) is 24.3 Å². The third-order valence-electron chi connectivity index (χ3n) is 2.94. The molecule has 4 nitrogen and oxygen atoms in total. The molecule has 3 rings (SSSR count). The van der Waals surface area contributed by atoms with Gasteiger partial charge < -0.3 is 15.5 Å². The fraction of sp³-hybridized carbons (Fsp3) is 0. The highest BCUT2D eigenvalue weighted by atomic mass is 16.8. The van der Waals surface area contributed by atoms with Crippen molar-refractivity contribution in [2.24, 2.45) is 0 Å². The van der Waals surface area contributed by atoms with Crippen molar-refractivity contribution in [3.05, 3.63) is 68.9 Å². The summed E-state index contributed by atoms with van der Waals surface area (Å²) in [5.41, 5.74) is 1.35. The van der Waals surface area contributed by atoms with Crippen molar-refractivity contribution < 1.29 is 10.0 Å². The van der Waals surface area contributed by atoms with Crippen LogP contribution in [0.15, 0.2) is 48.1 Å². The Morgan fingerprint density at radius 3 is 2.41 bits per heavy atom. The highest BCUT2D eigenvalue weighted by molar-refractivity contribution is 6.11. The maximum absolute atomic E-state index is 10.7. The molecule has 84 valence electrons. The molecular weight excluding hydrogens is 218 g/mol. The molecule has 2 aliphatic carbocycles. The Labute approximate surface area is 96.6 Å². The van der Waals surface area contributed by atoms with Gasteiger partial charge in [-0.15, -0.1) is 0 Å². The maximum Gasteiger partial charge on any atom is 0.223 e. The number of hydrogen-bond donors (Lipinski definition) is 1. The summed E-state index contributed by atoms with van der Waals surface area (Å²) < 4.78 is 0. The van der Waals surface area contributed by atoms with Crippen LogP contribution in [0.3, 0.4) is 0 Å². The van der Waals surface area contributed by atoms with E-state index in [4.69, 9.17) is 0 Å². The van der Waals surface area contributed by atoms with Gasteiger partial charge in [0.05, 0.1) is 0 Å². The van der Waals surface area contributed by atoms with Crippen molar-refractivity contribution in [2.45, 2.75) is 0 Å². The van der Waals surface area contributed by atoms with Crippen molar-refractivity contribution in [2.75, 3.05) is 0 Å². The molecule has 4 heteroatoms. The molecule has 0 radical (unpaired) electrons. The molecule has 0 heterocycles. The van der Waals surface area contributed by atoms with Gasteiger partial charge in [-0.25, -0.2) is 0 Å². The molecule has 1 aromatic carbocycles. The van der Waals surface area contributed by atoms with Crippen LogP contribution >= 0.6 is 0 Å². The molecular formula is C13H8NO3-. The molecule has 0 bridgehead atoms. The van der Waals surface area contributed by atoms with Crippen LogP contribution in [0.4, 0.5) is 0 Å². The van der Waals surface area contributed by atoms with E-state index in [0.29, 0.717) is 5.57 Å². The van der Waals surface area contributed by atoms with Crippen molar-refractivity contribution >= 4 is 17.0 Å². The highest BCUT2D eigenvalue weighted by Crippen LogP contribution is 2.25. The predicted molar refractivity (Wildman–Crippen MR) is 64.4 cm³/mol. The van der Waals surface area contributed by atoms with Crippen LogP contribution < -0.4 is 10.4 Å². The number of aliphatic hydroxyl groups excluding tert-OH is 1. The van der Waals surface area contributed by atoms with Crippen LogP contribution in [-0.2, 0) is 0 Å². The first-order valence-corrected chi connectivity index (χ1v) is 5.13. The molecule has 0 unspecified atom stereocenters. The average Bonchev–Trinajstić information content (AvgIpc) is 2.64. The zero-order valence-electron chi connectivity index (χ0n) is 8.75. The minimum absolute atomic E-state index is 0.0110. The van der Waals surface area contributed by atoms with E-state index in [0.717, 1.165) is 16.0 Å². The first-order valence-electron chi connectivity index (χ1n) is 5.13. The standard InChI is InChI=1S/C13H8NO3/c15-13-11-4-2-1-3-9(11)10-6-5-8(14(16)17)7-12(10)13/h1-7H,(H-,15,16,17)/q-1. The number of benzene rings is 1. The minimum Gasteiger partial charge on any atom is -0.612 e. The molecule has 0 amide bonds. The van der Waals surface area contributed by atoms with E-state index < -0.39 is 4.90 Å². The Morgan fingerprint density at radius 1 is 1.00 bits per heavy atom. The van der Waals surface area contributed by atoms with Crippen LogP contribution in [0.5, 0.6) is 0 Å². The summed E-state index contributed by atoms with van der Waals surface area (Å²) in [5, 5.41) is 33.1. The smallest absolute Gasteiger partial charge is 0.223 e. The van der Waals surface area contributed by atoms with Crippen LogP contribution in [0.2, 0.25) is 0 Å². The van der Waals surface area contributed by atoms with Crippen molar-refractivity contribution in [1.82, 2.24) is 0 Å². The number of fused-ring (bicyclic) bond motifs is 2. The largest absolute Gasteiger partial charge is 0.612 e. The van der Waals surface area contributed by atoms with Gasteiger partial charge in [0.15, 0.2) is 0 Å². The molecule has 0 aliphatic heterocycles. The van der Waals surface area contributed by atoms with Crippen molar-refractivity contribution in [3.8, 4) is 0 Å². The molecule has 1 N–H and O–H groups in total. The normalized spacial score (nSPS) is 16.7. The van der Waals surface area contributed by atoms with E-state index in [2.05, 4.69) is 0 Å². The summed E-state index contributed by atoms with van der Waals surface area (Å²) in [7, 11) is 0. The molecule has 0 fully saturated rings. The Bertz CT molecular complexity index is 719. The highest BCUT2D eigenvalue weighted by Gasteiger charge is 2.21. The Kier molecular flexibility index (Phi) is 1.86. The Balaban J connectivity index is 2.39. The van der Waals surface area contributed by atoms with Gasteiger partial charge in [-0.2, -0.15) is 4.90 Å². The summed E-state index contributed by atoms with van der Waals surface area (Å²) in [5.74, 6) is 0.110. The average molecular weight is 226 g/mol. The van der Waals surface area contributed by atoms with Gasteiger partial charge >= 0.3 is 0 Å². The van der Waals surface area contributed by atoms with E-state index in [1.54, 1.807) is 12.1 Å². The third kappa shape index (κ3) is 1.27. The second-order valence-electron chi connectivity index (χ2n) is 3.88. The molecule has 0 aromatic heterocycles. The monoisotopic (exact) mass is 226 g/mol. The molecule has 0 spiro atoms. The zero-order chi connectivity index (χ0) is 12.0. The summed E-state index contributed by atoms with van der Waals surface area (Å²) in [6.45, 7) is 0. The first-order chi connectivity index (χ1) is 8.18. The number of nitrogens with zero attached hydrogens (tertiary/aromatic N) is 1. The lowest BCUT2D eigenvalue weighted by atomic mass is 10.00. The van der Waals surface area contributed by atoms with Gasteiger partial charge in [0.2, 0.25) is 5.71 Å². The summed E-state index contributed by atoms with van der Waals surface area (Å²) >= 11 is 0. The number of rotatable bonds is 0. The van der Waals surface area contributed by atoms with Crippen LogP contribution in [0, 0.1) is 10.4 Å². The van der Waals surface area contributed by atoms with Crippen molar-refractivity contribution in [3.63, 3.8) is 0 Å². The van der Waals surface area contributed by atoms with E-state index in [9.17, 15) is 15.5 Å². The van der Waals surface area contributed by atoms with E-state index in [-0.39, 0.29) is 11.5 Å². The third-order valence-corrected chi connectivity index (χ3v) is 2.94. The van der Waals surface area contributed by atoms with Gasteiger partial charge in [-0.05, 0) is 16.9 Å². The van der Waals surface area contributed by atoms with Gasteiger partial charge in [0.1, 0.15) is 5.76 Å². The zero-order valence-corrected chi connectivity index (χ0v) is 8.75. The van der Waals surface area contributed by atoms with Gasteiger partial charge in [-0.3, -0.25) is 0 Å². The molecule has 0 atom stereocenters. The lowest BCUT2D eigenvalue weighted by molar-refractivity contribution is -0.377. The van der Waals surface area contributed by atoms with Gasteiger partial charge in [0.25, 0.3) is 0 Å². The van der Waals surface area contributed by atoms with Crippen LogP contribution in [0.1, 0.15) is 0 Å². The van der Waals surface area contributed by atoms with E-state index in [1.807, 2.05) is 18.2 Å². The summed E-state index contributed by atoms with van der Waals surface area (Å²) in [4.78, 5) is -0.462. The molecule has 17 heavy (non-hydrogen) atoms. The van der Waals surface area contributed by atoms with E-state index in [1.165, 1.54) is 12.2 Å². The lowest BCUT2D eigenvalue weighted by Crippen LogP contribution is -2.23. The van der Waals surface area contributed by atoms with Crippen LogP contribution in [0.25, 0.3) is 11.3 Å². The first kappa shape index (κ1) is 9.72. The number of allylic oxidation sites excluding steroid dienone is 3. The maximum atomic E-state index is 10.7. The fourth-order valence-electron chi connectivity index (χ4n) is 2.15. The Morgan fingerprint density at radius 2 is 1.71 bits per heavy atom. The predicted octanol–water partition coefficient (Wildman–Crippen LogP) is 0.462. The lowest BCUT2D eigenvalue weighted by Gasteiger charge is -2.11. The number of hydrogen-bond acceptors (Lipinski definition) is 3. The summed E-state index contributed by atoms with van der Waals surface area (Å²) in [6, 6.07) is 7.40. The fourth-order valence-corrected chi connectivity index (χ4v) is 2.15. The SMILES string of the molecule is [O-][N+]([O-])=C1C=CC2=c3ccccc3=C(O)C2=C1. The Hall–Kier alpha value is -2.49. The topological polar surface area (TPSA) is 69.4 Å². The minimum atomic E-state index is -0.462. The molecule has 0 saturated carbocycles. The van der Waals surface area contributed by atoms with Gasteiger partial charge in [0, 0.05) is 22.9 Å². The molecule has 2 aliphatic rings. The quantitative estimate of drug-likeness (QED) is 0.516. The van der Waals surface area contributed by atoms with Crippen LogP contribution in [-0.4, -0.2) is 15.7 Å². The number of aliphatic hydroxyl groups is 1.